The molecule has 6 rings (SSSR count). The van der Waals surface area contributed by atoms with E-state index in [4.69, 9.17) is 10.2 Å². The van der Waals surface area contributed by atoms with E-state index in [1.165, 1.54) is 0 Å². The molecule has 2 fully saturated rings. The molecule has 0 bridgehead atoms. The van der Waals surface area contributed by atoms with Gasteiger partial charge in [0.25, 0.3) is 0 Å². The minimum Gasteiger partial charge on any atom is -0.356 e. The van der Waals surface area contributed by atoms with Crippen molar-refractivity contribution >= 4 is 35.9 Å². The molecule has 2 N–H and O–H groups in total. The van der Waals surface area contributed by atoms with Gasteiger partial charge in [0.15, 0.2) is 0 Å². The third-order valence-electron chi connectivity index (χ3n) is 7.90. The van der Waals surface area contributed by atoms with E-state index in [2.05, 4.69) is 30.9 Å². The fourth-order valence-electron chi connectivity index (χ4n) is 5.73. The Hall–Kier alpha value is -5.26. The molecule has 0 unspecified atom stereocenters. The van der Waals surface area contributed by atoms with E-state index in [-0.39, 0.29) is 0 Å². The molecule has 0 atom stereocenters. The maximum atomic E-state index is 12.6. The topological polar surface area (TPSA) is 125 Å². The third-order valence-corrected chi connectivity index (χ3v) is 7.90. The summed E-state index contributed by atoms with van der Waals surface area (Å²) in [6.07, 6.45) is 7.48. The SMILES string of the molecule is Cc1nn(-c2ccccc2)c(N2CCCC2)c1/C=N\NC(=O)C(=O)N/N=C\c1c(C)nn(-c2ccccc2)c1N1CCCC1. The van der Waals surface area contributed by atoms with Crippen LogP contribution in [0.4, 0.5) is 11.6 Å². The molecule has 0 spiro atoms. The lowest BCUT2D eigenvalue weighted by atomic mass is 10.2. The first-order valence-electron chi connectivity index (χ1n) is 15.0. The van der Waals surface area contributed by atoms with Gasteiger partial charge in [-0.1, -0.05) is 36.4 Å². The van der Waals surface area contributed by atoms with Crippen LogP contribution < -0.4 is 20.7 Å². The summed E-state index contributed by atoms with van der Waals surface area (Å²) in [5, 5.41) is 17.7. The zero-order valence-corrected chi connectivity index (χ0v) is 25.0. The van der Waals surface area contributed by atoms with Gasteiger partial charge in [0.2, 0.25) is 0 Å². The molecular weight excluding hydrogens is 556 g/mol. The smallest absolute Gasteiger partial charge is 0.331 e. The van der Waals surface area contributed by atoms with Crippen LogP contribution in [0.3, 0.4) is 0 Å². The van der Waals surface area contributed by atoms with Crippen molar-refractivity contribution in [1.29, 1.82) is 0 Å². The van der Waals surface area contributed by atoms with Gasteiger partial charge in [-0.2, -0.15) is 20.4 Å². The number of aromatic nitrogens is 4. The lowest BCUT2D eigenvalue weighted by molar-refractivity contribution is -0.139. The number of amides is 2. The number of hydrazone groups is 2. The molecule has 4 aromatic rings. The second-order valence-corrected chi connectivity index (χ2v) is 10.9. The van der Waals surface area contributed by atoms with Crippen molar-refractivity contribution in [2.75, 3.05) is 36.0 Å². The number of anilines is 2. The number of para-hydroxylation sites is 2. The maximum Gasteiger partial charge on any atom is 0.331 e. The summed E-state index contributed by atoms with van der Waals surface area (Å²) in [5.74, 6) is -0.0201. The molecule has 12 nitrogen and oxygen atoms in total. The number of nitrogens with one attached hydrogen (secondary N) is 2. The van der Waals surface area contributed by atoms with E-state index >= 15 is 0 Å². The quantitative estimate of drug-likeness (QED) is 0.183. The Morgan fingerprint density at radius 3 is 1.36 bits per heavy atom. The Kier molecular flexibility index (Phi) is 8.48. The first-order valence-corrected chi connectivity index (χ1v) is 15.0. The van der Waals surface area contributed by atoms with Crippen LogP contribution in [0, 0.1) is 13.8 Å². The van der Waals surface area contributed by atoms with Crippen molar-refractivity contribution in [2.24, 2.45) is 10.2 Å². The number of carbonyl (C=O) groups is 2. The van der Waals surface area contributed by atoms with Gasteiger partial charge < -0.3 is 9.80 Å². The Labute approximate surface area is 256 Å². The molecule has 44 heavy (non-hydrogen) atoms. The van der Waals surface area contributed by atoms with E-state index in [0.29, 0.717) is 0 Å². The maximum absolute atomic E-state index is 12.6. The van der Waals surface area contributed by atoms with Crippen LogP contribution in [0.2, 0.25) is 0 Å². The molecule has 2 aromatic heterocycles. The van der Waals surface area contributed by atoms with Crippen molar-refractivity contribution in [3.05, 3.63) is 83.2 Å². The van der Waals surface area contributed by atoms with Crippen molar-refractivity contribution < 1.29 is 9.59 Å². The van der Waals surface area contributed by atoms with E-state index in [9.17, 15) is 9.59 Å². The van der Waals surface area contributed by atoms with Crippen molar-refractivity contribution in [3.63, 3.8) is 0 Å². The fourth-order valence-corrected chi connectivity index (χ4v) is 5.73. The molecular formula is C32H36N10O2. The largest absolute Gasteiger partial charge is 0.356 e. The van der Waals surface area contributed by atoms with Gasteiger partial charge in [0.05, 0.1) is 46.3 Å². The number of benzene rings is 2. The van der Waals surface area contributed by atoms with Crippen LogP contribution in [0.1, 0.15) is 48.2 Å². The zero-order valence-electron chi connectivity index (χ0n) is 25.0. The minimum atomic E-state index is -0.925. The molecule has 2 aromatic carbocycles. The van der Waals surface area contributed by atoms with E-state index in [0.717, 1.165) is 97.4 Å². The van der Waals surface area contributed by atoms with Gasteiger partial charge in [-0.25, -0.2) is 20.2 Å². The summed E-state index contributed by atoms with van der Waals surface area (Å²) in [7, 11) is 0. The first-order chi connectivity index (χ1) is 21.5. The molecule has 12 heteroatoms. The average molecular weight is 593 g/mol. The van der Waals surface area contributed by atoms with Gasteiger partial charge in [0.1, 0.15) is 11.6 Å². The lowest BCUT2D eigenvalue weighted by Crippen LogP contribution is -2.35. The van der Waals surface area contributed by atoms with Crippen LogP contribution >= 0.6 is 0 Å². The number of hydrogen-bond acceptors (Lipinski definition) is 8. The highest BCUT2D eigenvalue weighted by atomic mass is 16.2. The van der Waals surface area contributed by atoms with Gasteiger partial charge in [-0.15, -0.1) is 0 Å². The van der Waals surface area contributed by atoms with Crippen molar-refractivity contribution in [2.45, 2.75) is 39.5 Å². The van der Waals surface area contributed by atoms with Crippen LogP contribution in [-0.2, 0) is 9.59 Å². The molecule has 0 saturated carbocycles. The molecule has 2 aliphatic rings. The van der Waals surface area contributed by atoms with Crippen LogP contribution in [0.25, 0.3) is 11.4 Å². The molecule has 2 aliphatic heterocycles. The van der Waals surface area contributed by atoms with E-state index in [1.54, 1.807) is 12.4 Å². The second-order valence-electron chi connectivity index (χ2n) is 10.9. The normalized spacial score (nSPS) is 15.1. The van der Waals surface area contributed by atoms with Crippen molar-refractivity contribution in [1.82, 2.24) is 30.4 Å². The highest BCUT2D eigenvalue weighted by molar-refractivity contribution is 6.35. The highest BCUT2D eigenvalue weighted by Gasteiger charge is 2.25. The van der Waals surface area contributed by atoms with Gasteiger partial charge in [0, 0.05) is 26.2 Å². The highest BCUT2D eigenvalue weighted by Crippen LogP contribution is 2.30. The third kappa shape index (κ3) is 5.96. The van der Waals surface area contributed by atoms with Gasteiger partial charge in [-0.05, 0) is 63.8 Å². The minimum absolute atomic E-state index is 0.767. The number of hydrogen-bond donors (Lipinski definition) is 2. The second kappa shape index (κ2) is 12.9. The Bertz CT molecular complexity index is 1550. The average Bonchev–Trinajstić information content (AvgIpc) is 3.86. The lowest BCUT2D eigenvalue weighted by Gasteiger charge is -2.20. The number of carbonyl (C=O) groups excluding carboxylic acids is 2. The molecule has 2 saturated heterocycles. The molecule has 226 valence electrons. The standard InChI is InChI=1S/C32H36N10O2/c1-23-27(31(39-17-9-10-18-39)41(37-23)25-13-5-3-6-14-25)21-33-35-29(43)30(44)36-34-22-28-24(2)38-42(26-15-7-4-8-16-26)32(28)40-19-11-12-20-40/h3-8,13-16,21-22H,9-12,17-20H2,1-2H3,(H,35,43)(H,36,44)/b33-21-,34-22-. The fraction of sp³-hybridized carbons (Fsp3) is 0.312. The number of nitrogens with zero attached hydrogens (tertiary/aromatic N) is 8. The first kappa shape index (κ1) is 28.8. The summed E-state index contributed by atoms with van der Waals surface area (Å²) in [5.41, 5.74) is 9.65. The van der Waals surface area contributed by atoms with Crippen LogP contribution in [0.15, 0.2) is 70.9 Å². The number of aryl methyl sites for hydroxylation is 2. The van der Waals surface area contributed by atoms with Crippen LogP contribution in [0.5, 0.6) is 0 Å². The summed E-state index contributed by atoms with van der Waals surface area (Å²) in [6.45, 7) is 7.46. The Balaban J connectivity index is 1.15. The summed E-state index contributed by atoms with van der Waals surface area (Å²) in [4.78, 5) is 29.7. The van der Waals surface area contributed by atoms with Gasteiger partial charge in [-0.3, -0.25) is 9.59 Å². The van der Waals surface area contributed by atoms with Crippen molar-refractivity contribution in [3.8, 4) is 11.4 Å². The summed E-state index contributed by atoms with van der Waals surface area (Å²) < 4.78 is 3.81. The molecule has 2 amide bonds. The number of rotatable bonds is 8. The predicted octanol–water partition coefficient (Wildman–Crippen LogP) is 3.48. The van der Waals surface area contributed by atoms with E-state index in [1.807, 2.05) is 83.9 Å². The summed E-state index contributed by atoms with van der Waals surface area (Å²) in [6, 6.07) is 19.8. The van der Waals surface area contributed by atoms with E-state index < -0.39 is 11.8 Å². The molecule has 0 aliphatic carbocycles. The molecule has 4 heterocycles. The Morgan fingerprint density at radius 1 is 0.636 bits per heavy atom. The van der Waals surface area contributed by atoms with Crippen LogP contribution in [-0.4, -0.2) is 70.0 Å². The Morgan fingerprint density at radius 2 is 1.00 bits per heavy atom. The van der Waals surface area contributed by atoms with Gasteiger partial charge >= 0.3 is 11.8 Å². The zero-order chi connectivity index (χ0) is 30.5. The predicted molar refractivity (Wildman–Crippen MR) is 171 cm³/mol. The monoisotopic (exact) mass is 592 g/mol. The summed E-state index contributed by atoms with van der Waals surface area (Å²) >= 11 is 0. The molecule has 0 radical (unpaired) electrons.